The summed E-state index contributed by atoms with van der Waals surface area (Å²) in [6, 6.07) is 0. The lowest BCUT2D eigenvalue weighted by Crippen LogP contribution is -2.39. The van der Waals surface area contributed by atoms with Crippen LogP contribution in [0, 0.1) is 11.8 Å². The summed E-state index contributed by atoms with van der Waals surface area (Å²) in [6.07, 6.45) is 6.90. The molecule has 4 nitrogen and oxygen atoms in total. The molecule has 2 heterocycles. The quantitative estimate of drug-likeness (QED) is 0.831. The Morgan fingerprint density at radius 3 is 3.00 bits per heavy atom. The van der Waals surface area contributed by atoms with Gasteiger partial charge in [-0.05, 0) is 51.2 Å². The highest BCUT2D eigenvalue weighted by molar-refractivity contribution is 5.03. The minimum atomic E-state index is 0.745. The van der Waals surface area contributed by atoms with Crippen LogP contribution in [0.25, 0.3) is 0 Å². The largest absolute Gasteiger partial charge is 0.316 e. The predicted octanol–water partition coefficient (Wildman–Crippen LogP) is 2.36. The molecule has 1 aliphatic heterocycles. The molecule has 0 radical (unpaired) electrons. The molecule has 1 atom stereocenters. The summed E-state index contributed by atoms with van der Waals surface area (Å²) in [6.45, 7) is 13.5. The molecular formula is C16H30N4. The van der Waals surface area contributed by atoms with Gasteiger partial charge >= 0.3 is 0 Å². The normalized spacial score (nSPS) is 20.7. The van der Waals surface area contributed by atoms with Crippen LogP contribution in [0.4, 0.5) is 0 Å². The highest BCUT2D eigenvalue weighted by Crippen LogP contribution is 2.18. The second-order valence-corrected chi connectivity index (χ2v) is 6.50. The number of hydrogen-bond donors (Lipinski definition) is 1. The van der Waals surface area contributed by atoms with E-state index in [1.807, 2.05) is 10.9 Å². The van der Waals surface area contributed by atoms with Crippen molar-refractivity contribution in [2.75, 3.05) is 26.2 Å². The number of hydrogen-bond acceptors (Lipinski definition) is 3. The van der Waals surface area contributed by atoms with Crippen LogP contribution in [0.15, 0.2) is 12.4 Å². The van der Waals surface area contributed by atoms with E-state index in [0.717, 1.165) is 31.5 Å². The van der Waals surface area contributed by atoms with Gasteiger partial charge in [-0.25, -0.2) is 0 Å². The molecule has 1 fully saturated rings. The zero-order valence-corrected chi connectivity index (χ0v) is 13.3. The molecule has 114 valence electrons. The molecule has 0 spiro atoms. The first-order chi connectivity index (χ1) is 9.67. The van der Waals surface area contributed by atoms with E-state index in [-0.39, 0.29) is 0 Å². The monoisotopic (exact) mass is 278 g/mol. The molecule has 0 aromatic carbocycles. The maximum atomic E-state index is 4.37. The molecule has 0 aliphatic carbocycles. The Bertz CT molecular complexity index is 386. The molecule has 1 unspecified atom stereocenters. The van der Waals surface area contributed by atoms with Crippen LogP contribution < -0.4 is 5.32 Å². The molecule has 1 saturated heterocycles. The Labute approximate surface area is 123 Å². The molecule has 4 heteroatoms. The summed E-state index contributed by atoms with van der Waals surface area (Å²) in [5.41, 5.74) is 1.35. The van der Waals surface area contributed by atoms with Gasteiger partial charge in [0.1, 0.15) is 0 Å². The van der Waals surface area contributed by atoms with E-state index in [2.05, 4.69) is 42.3 Å². The third kappa shape index (κ3) is 4.91. The van der Waals surface area contributed by atoms with Crippen LogP contribution in [0.3, 0.4) is 0 Å². The number of nitrogens with one attached hydrogen (secondary N) is 1. The number of likely N-dealkylation sites (tertiary alicyclic amines) is 1. The Hall–Kier alpha value is -0.870. The smallest absolute Gasteiger partial charge is 0.0534 e. The zero-order valence-electron chi connectivity index (χ0n) is 13.3. The van der Waals surface area contributed by atoms with Crippen molar-refractivity contribution >= 4 is 0 Å². The van der Waals surface area contributed by atoms with Gasteiger partial charge in [0, 0.05) is 31.4 Å². The highest BCUT2D eigenvalue weighted by Gasteiger charge is 2.20. The fraction of sp³-hybridized carbons (Fsp3) is 0.812. The van der Waals surface area contributed by atoms with Gasteiger partial charge in [-0.2, -0.15) is 5.10 Å². The lowest BCUT2D eigenvalue weighted by Gasteiger charge is -2.32. The molecule has 2 rings (SSSR count). The summed E-state index contributed by atoms with van der Waals surface area (Å²) in [5, 5.41) is 7.97. The average molecular weight is 278 g/mol. The molecular weight excluding hydrogens is 248 g/mol. The fourth-order valence-electron chi connectivity index (χ4n) is 2.96. The van der Waals surface area contributed by atoms with Crippen molar-refractivity contribution in [1.82, 2.24) is 20.0 Å². The summed E-state index contributed by atoms with van der Waals surface area (Å²) in [5.74, 6) is 1.55. The third-order valence-electron chi connectivity index (χ3n) is 4.01. The molecule has 0 saturated carbocycles. The Morgan fingerprint density at radius 1 is 1.45 bits per heavy atom. The van der Waals surface area contributed by atoms with Gasteiger partial charge in [0.05, 0.1) is 6.20 Å². The molecule has 1 aromatic heterocycles. The van der Waals surface area contributed by atoms with E-state index in [9.17, 15) is 0 Å². The van der Waals surface area contributed by atoms with Crippen LogP contribution >= 0.6 is 0 Å². The number of aromatic nitrogens is 2. The second kappa shape index (κ2) is 7.79. The standard InChI is InChI=1S/C16H30N4/c1-4-20-13-16(10-18-20)12-19-7-5-6-15(11-19)9-17-8-14(2)3/h10,13-15,17H,4-9,11-12H2,1-3H3. The van der Waals surface area contributed by atoms with E-state index in [1.165, 1.54) is 38.0 Å². The highest BCUT2D eigenvalue weighted by atomic mass is 15.3. The first-order valence-corrected chi connectivity index (χ1v) is 8.11. The summed E-state index contributed by atoms with van der Waals surface area (Å²) in [7, 11) is 0. The SMILES string of the molecule is CCn1cc(CN2CCCC(CNCC(C)C)C2)cn1. The van der Waals surface area contributed by atoms with Gasteiger partial charge in [-0.1, -0.05) is 13.8 Å². The van der Waals surface area contributed by atoms with Crippen molar-refractivity contribution in [3.8, 4) is 0 Å². The van der Waals surface area contributed by atoms with Crippen molar-refractivity contribution in [2.45, 2.75) is 46.7 Å². The first-order valence-electron chi connectivity index (χ1n) is 8.11. The van der Waals surface area contributed by atoms with E-state index in [1.54, 1.807) is 0 Å². The average Bonchev–Trinajstić information content (AvgIpc) is 2.86. The van der Waals surface area contributed by atoms with E-state index in [0.29, 0.717) is 0 Å². The fourth-order valence-corrected chi connectivity index (χ4v) is 2.96. The van der Waals surface area contributed by atoms with Gasteiger partial charge < -0.3 is 5.32 Å². The third-order valence-corrected chi connectivity index (χ3v) is 4.01. The Kier molecular flexibility index (Phi) is 6.05. The van der Waals surface area contributed by atoms with Gasteiger partial charge in [-0.3, -0.25) is 9.58 Å². The lowest BCUT2D eigenvalue weighted by molar-refractivity contribution is 0.165. The molecule has 0 bridgehead atoms. The van der Waals surface area contributed by atoms with Crippen molar-refractivity contribution < 1.29 is 0 Å². The number of nitrogens with zero attached hydrogens (tertiary/aromatic N) is 3. The van der Waals surface area contributed by atoms with Gasteiger partial charge in [0.2, 0.25) is 0 Å². The Balaban J connectivity index is 1.75. The predicted molar refractivity (Wildman–Crippen MR) is 83.6 cm³/mol. The van der Waals surface area contributed by atoms with E-state index >= 15 is 0 Å². The van der Waals surface area contributed by atoms with Crippen molar-refractivity contribution in [3.05, 3.63) is 18.0 Å². The minimum absolute atomic E-state index is 0.745. The Morgan fingerprint density at radius 2 is 2.30 bits per heavy atom. The molecule has 20 heavy (non-hydrogen) atoms. The summed E-state index contributed by atoms with van der Waals surface area (Å²) >= 11 is 0. The van der Waals surface area contributed by atoms with Crippen LogP contribution in [0.5, 0.6) is 0 Å². The summed E-state index contributed by atoms with van der Waals surface area (Å²) in [4.78, 5) is 2.59. The maximum absolute atomic E-state index is 4.37. The lowest BCUT2D eigenvalue weighted by atomic mass is 9.97. The van der Waals surface area contributed by atoms with Crippen LogP contribution in [-0.4, -0.2) is 40.9 Å². The van der Waals surface area contributed by atoms with Crippen LogP contribution in [0.2, 0.25) is 0 Å². The number of aryl methyl sites for hydroxylation is 1. The zero-order chi connectivity index (χ0) is 14.4. The molecule has 1 aliphatic rings. The molecule has 1 aromatic rings. The summed E-state index contributed by atoms with van der Waals surface area (Å²) < 4.78 is 2.01. The minimum Gasteiger partial charge on any atom is -0.316 e. The van der Waals surface area contributed by atoms with Crippen LogP contribution in [0.1, 0.15) is 39.2 Å². The van der Waals surface area contributed by atoms with Crippen molar-refractivity contribution in [2.24, 2.45) is 11.8 Å². The number of piperidine rings is 1. The topological polar surface area (TPSA) is 33.1 Å². The van der Waals surface area contributed by atoms with Gasteiger partial charge in [0.25, 0.3) is 0 Å². The maximum Gasteiger partial charge on any atom is 0.0534 e. The molecule has 1 N–H and O–H groups in total. The first kappa shape index (κ1) is 15.5. The van der Waals surface area contributed by atoms with Gasteiger partial charge in [-0.15, -0.1) is 0 Å². The molecule has 0 amide bonds. The van der Waals surface area contributed by atoms with Gasteiger partial charge in [0.15, 0.2) is 0 Å². The van der Waals surface area contributed by atoms with E-state index < -0.39 is 0 Å². The van der Waals surface area contributed by atoms with Crippen LogP contribution in [-0.2, 0) is 13.1 Å². The number of rotatable bonds is 7. The second-order valence-electron chi connectivity index (χ2n) is 6.50. The van der Waals surface area contributed by atoms with Crippen molar-refractivity contribution in [1.29, 1.82) is 0 Å². The van der Waals surface area contributed by atoms with Crippen molar-refractivity contribution in [3.63, 3.8) is 0 Å². The van der Waals surface area contributed by atoms with E-state index in [4.69, 9.17) is 0 Å².